The van der Waals surface area contributed by atoms with Crippen molar-refractivity contribution in [2.45, 2.75) is 25.7 Å². The minimum absolute atomic E-state index is 0.125. The van der Waals surface area contributed by atoms with Crippen LogP contribution in [0, 0.1) is 0 Å². The Morgan fingerprint density at radius 1 is 0.963 bits per heavy atom. The molecule has 142 valence electrons. The Hall–Kier alpha value is -2.69. The minimum atomic E-state index is 0.125. The van der Waals surface area contributed by atoms with Gasteiger partial charge in [0, 0.05) is 31.0 Å². The van der Waals surface area contributed by atoms with E-state index in [1.165, 1.54) is 24.1 Å². The Morgan fingerprint density at radius 2 is 1.74 bits per heavy atom. The monoisotopic (exact) mass is 366 g/mol. The summed E-state index contributed by atoms with van der Waals surface area (Å²) in [5.74, 6) is 1.45. The van der Waals surface area contributed by atoms with Gasteiger partial charge < -0.3 is 19.3 Å². The van der Waals surface area contributed by atoms with Crippen molar-refractivity contribution in [3.63, 3.8) is 0 Å². The van der Waals surface area contributed by atoms with E-state index in [-0.39, 0.29) is 5.91 Å². The molecule has 0 spiro atoms. The molecular formula is C22H26N2O3. The molecule has 0 aromatic heterocycles. The van der Waals surface area contributed by atoms with Crippen molar-refractivity contribution in [3.8, 4) is 11.5 Å². The van der Waals surface area contributed by atoms with Crippen LogP contribution < -0.4 is 19.3 Å². The van der Waals surface area contributed by atoms with Crippen molar-refractivity contribution >= 4 is 17.3 Å². The molecule has 27 heavy (non-hydrogen) atoms. The van der Waals surface area contributed by atoms with Gasteiger partial charge in [0.1, 0.15) is 0 Å². The molecule has 0 unspecified atom stereocenters. The van der Waals surface area contributed by atoms with Crippen molar-refractivity contribution in [1.82, 2.24) is 0 Å². The highest BCUT2D eigenvalue weighted by molar-refractivity contribution is 5.97. The Morgan fingerprint density at radius 3 is 2.48 bits per heavy atom. The second-order valence-electron chi connectivity index (χ2n) is 7.17. The van der Waals surface area contributed by atoms with Crippen molar-refractivity contribution < 1.29 is 14.3 Å². The highest BCUT2D eigenvalue weighted by Gasteiger charge is 2.26. The number of nitrogens with zero attached hydrogens (tertiary/aromatic N) is 2. The quantitative estimate of drug-likeness (QED) is 0.813. The topological polar surface area (TPSA) is 42.0 Å². The highest BCUT2D eigenvalue weighted by atomic mass is 16.5. The summed E-state index contributed by atoms with van der Waals surface area (Å²) in [5, 5.41) is 0. The molecule has 4 rings (SSSR count). The third-order valence-electron chi connectivity index (χ3n) is 5.54. The second-order valence-corrected chi connectivity index (χ2v) is 7.17. The SMILES string of the molecule is COc1ccc(CC(=O)N2CCc3ccc(N4CCCC4)cc32)cc1OC. The first-order chi connectivity index (χ1) is 13.2. The summed E-state index contributed by atoms with van der Waals surface area (Å²) >= 11 is 0. The van der Waals surface area contributed by atoms with E-state index in [2.05, 4.69) is 23.1 Å². The molecule has 0 N–H and O–H groups in total. The van der Waals surface area contributed by atoms with Gasteiger partial charge in [-0.3, -0.25) is 4.79 Å². The van der Waals surface area contributed by atoms with Crippen molar-refractivity contribution in [2.75, 3.05) is 43.7 Å². The molecular weight excluding hydrogens is 340 g/mol. The summed E-state index contributed by atoms with van der Waals surface area (Å²) in [6, 6.07) is 12.2. The van der Waals surface area contributed by atoms with Crippen LogP contribution in [0.3, 0.4) is 0 Å². The third-order valence-corrected chi connectivity index (χ3v) is 5.54. The van der Waals surface area contributed by atoms with Gasteiger partial charge in [-0.2, -0.15) is 0 Å². The number of methoxy groups -OCH3 is 2. The Bertz CT molecular complexity index is 843. The first kappa shape index (κ1) is 17.7. The fourth-order valence-corrected chi connectivity index (χ4v) is 4.06. The Balaban J connectivity index is 1.53. The molecule has 0 atom stereocenters. The number of carbonyl (C=O) groups is 1. The molecule has 2 aliphatic rings. The maximum atomic E-state index is 13.0. The van der Waals surface area contributed by atoms with Crippen LogP contribution in [0.2, 0.25) is 0 Å². The van der Waals surface area contributed by atoms with E-state index < -0.39 is 0 Å². The summed E-state index contributed by atoms with van der Waals surface area (Å²) in [6.07, 6.45) is 3.78. The zero-order chi connectivity index (χ0) is 18.8. The van der Waals surface area contributed by atoms with E-state index in [1.54, 1.807) is 14.2 Å². The fourth-order valence-electron chi connectivity index (χ4n) is 4.06. The van der Waals surface area contributed by atoms with Gasteiger partial charge in [-0.25, -0.2) is 0 Å². The molecule has 2 aliphatic heterocycles. The molecule has 1 amide bonds. The van der Waals surface area contributed by atoms with Gasteiger partial charge in [0.15, 0.2) is 11.5 Å². The van der Waals surface area contributed by atoms with Crippen LogP contribution >= 0.6 is 0 Å². The average Bonchev–Trinajstić information content (AvgIpc) is 3.37. The van der Waals surface area contributed by atoms with E-state index in [0.717, 1.165) is 37.3 Å². The molecule has 2 heterocycles. The number of rotatable bonds is 5. The first-order valence-electron chi connectivity index (χ1n) is 9.59. The van der Waals surface area contributed by atoms with Gasteiger partial charge >= 0.3 is 0 Å². The summed E-state index contributed by atoms with van der Waals surface area (Å²) in [6.45, 7) is 2.97. The zero-order valence-electron chi connectivity index (χ0n) is 16.0. The van der Waals surface area contributed by atoms with Crippen LogP contribution in [0.25, 0.3) is 0 Å². The van der Waals surface area contributed by atoms with Gasteiger partial charge in [0.2, 0.25) is 5.91 Å². The number of anilines is 2. The maximum absolute atomic E-state index is 13.0. The highest BCUT2D eigenvalue weighted by Crippen LogP contribution is 2.34. The van der Waals surface area contributed by atoms with Gasteiger partial charge in [0.25, 0.3) is 0 Å². The Kier molecular flexibility index (Phi) is 4.92. The van der Waals surface area contributed by atoms with Crippen LogP contribution in [-0.4, -0.2) is 39.8 Å². The summed E-state index contributed by atoms with van der Waals surface area (Å²) in [4.78, 5) is 17.4. The molecule has 0 radical (unpaired) electrons. The van der Waals surface area contributed by atoms with Gasteiger partial charge in [-0.05, 0) is 54.7 Å². The maximum Gasteiger partial charge on any atom is 0.231 e. The predicted molar refractivity (Wildman–Crippen MR) is 107 cm³/mol. The Labute approximate surface area is 160 Å². The number of amides is 1. The standard InChI is InChI=1S/C22H26N2O3/c1-26-20-8-5-16(13-21(20)27-2)14-22(25)24-12-9-17-6-7-18(15-19(17)24)23-10-3-4-11-23/h5-8,13,15H,3-4,9-12,14H2,1-2H3. The number of hydrogen-bond acceptors (Lipinski definition) is 4. The molecule has 0 saturated carbocycles. The predicted octanol–water partition coefficient (Wildman–Crippen LogP) is 3.44. The van der Waals surface area contributed by atoms with Gasteiger partial charge in [-0.1, -0.05) is 12.1 Å². The van der Waals surface area contributed by atoms with Crippen molar-refractivity contribution in [2.24, 2.45) is 0 Å². The summed E-state index contributed by atoms with van der Waals surface area (Å²) in [5.41, 5.74) is 4.50. The molecule has 0 aliphatic carbocycles. The molecule has 1 fully saturated rings. The molecule has 0 bridgehead atoms. The zero-order valence-corrected chi connectivity index (χ0v) is 16.0. The van der Waals surface area contributed by atoms with E-state index in [9.17, 15) is 4.79 Å². The molecule has 2 aromatic rings. The smallest absolute Gasteiger partial charge is 0.231 e. The fraction of sp³-hybridized carbons (Fsp3) is 0.409. The second kappa shape index (κ2) is 7.51. The molecule has 1 saturated heterocycles. The lowest BCUT2D eigenvalue weighted by molar-refractivity contribution is -0.117. The molecule has 5 nitrogen and oxygen atoms in total. The van der Waals surface area contributed by atoms with Gasteiger partial charge in [0.05, 0.1) is 20.6 Å². The number of ether oxygens (including phenoxy) is 2. The number of carbonyl (C=O) groups excluding carboxylic acids is 1. The van der Waals surface area contributed by atoms with E-state index in [0.29, 0.717) is 17.9 Å². The molecule has 5 heteroatoms. The van der Waals surface area contributed by atoms with E-state index >= 15 is 0 Å². The normalized spacial score (nSPS) is 15.8. The lowest BCUT2D eigenvalue weighted by Gasteiger charge is -2.22. The number of hydrogen-bond donors (Lipinski definition) is 0. The lowest BCUT2D eigenvalue weighted by Crippen LogP contribution is -2.30. The molecule has 2 aromatic carbocycles. The van der Waals surface area contributed by atoms with E-state index in [1.807, 2.05) is 23.1 Å². The van der Waals surface area contributed by atoms with Crippen LogP contribution in [0.1, 0.15) is 24.0 Å². The van der Waals surface area contributed by atoms with Crippen LogP contribution in [0.15, 0.2) is 36.4 Å². The number of fused-ring (bicyclic) bond motifs is 1. The third kappa shape index (κ3) is 3.46. The van der Waals surface area contributed by atoms with E-state index in [4.69, 9.17) is 9.47 Å². The van der Waals surface area contributed by atoms with Crippen LogP contribution in [0.5, 0.6) is 11.5 Å². The van der Waals surface area contributed by atoms with Gasteiger partial charge in [-0.15, -0.1) is 0 Å². The van der Waals surface area contributed by atoms with Crippen molar-refractivity contribution in [3.05, 3.63) is 47.5 Å². The average molecular weight is 366 g/mol. The largest absolute Gasteiger partial charge is 0.493 e. The summed E-state index contributed by atoms with van der Waals surface area (Å²) < 4.78 is 10.6. The van der Waals surface area contributed by atoms with Crippen LogP contribution in [-0.2, 0) is 17.6 Å². The summed E-state index contributed by atoms with van der Waals surface area (Å²) in [7, 11) is 3.22. The van der Waals surface area contributed by atoms with Crippen molar-refractivity contribution in [1.29, 1.82) is 0 Å². The first-order valence-corrected chi connectivity index (χ1v) is 9.59. The number of benzene rings is 2. The minimum Gasteiger partial charge on any atom is -0.493 e. The lowest BCUT2D eigenvalue weighted by atomic mass is 10.1. The van der Waals surface area contributed by atoms with Crippen LogP contribution in [0.4, 0.5) is 11.4 Å².